The van der Waals surface area contributed by atoms with Gasteiger partial charge in [-0.2, -0.15) is 0 Å². The summed E-state index contributed by atoms with van der Waals surface area (Å²) < 4.78 is 0. The van der Waals surface area contributed by atoms with Gasteiger partial charge >= 0.3 is 0 Å². The zero-order valence-corrected chi connectivity index (χ0v) is 11.0. The Hall–Kier alpha value is -1.65. The molecule has 1 N–H and O–H groups in total. The highest BCUT2D eigenvalue weighted by atomic mass is 16.1. The summed E-state index contributed by atoms with van der Waals surface area (Å²) in [5.41, 5.74) is 0. The predicted octanol–water partition coefficient (Wildman–Crippen LogP) is 1.86. The van der Waals surface area contributed by atoms with E-state index in [1.165, 1.54) is 0 Å². The Bertz CT molecular complexity index is 411. The Morgan fingerprint density at radius 2 is 2.11 bits per heavy atom. The number of nitrogens with one attached hydrogen (secondary N) is 1. The van der Waals surface area contributed by atoms with Gasteiger partial charge in [0.15, 0.2) is 0 Å². The summed E-state index contributed by atoms with van der Waals surface area (Å²) in [7, 11) is 2.04. The molecule has 5 nitrogen and oxygen atoms in total. The predicted molar refractivity (Wildman–Crippen MR) is 71.9 cm³/mol. The second-order valence-corrected chi connectivity index (χ2v) is 4.67. The number of rotatable bonds is 4. The van der Waals surface area contributed by atoms with Crippen molar-refractivity contribution in [3.8, 4) is 0 Å². The smallest absolute Gasteiger partial charge is 0.134 e. The summed E-state index contributed by atoms with van der Waals surface area (Å²) >= 11 is 0. The van der Waals surface area contributed by atoms with Gasteiger partial charge in [0, 0.05) is 38.5 Å². The highest BCUT2D eigenvalue weighted by Gasteiger charge is 2.23. The van der Waals surface area contributed by atoms with Gasteiger partial charge in [-0.25, -0.2) is 9.97 Å². The van der Waals surface area contributed by atoms with Gasteiger partial charge in [-0.1, -0.05) is 0 Å². The van der Waals surface area contributed by atoms with Crippen molar-refractivity contribution < 1.29 is 4.79 Å². The molecule has 0 amide bonds. The topological polar surface area (TPSA) is 58.1 Å². The van der Waals surface area contributed by atoms with Crippen LogP contribution in [0.4, 0.5) is 11.6 Å². The average Bonchev–Trinajstić information content (AvgIpc) is 2.39. The Kier molecular flexibility index (Phi) is 4.12. The van der Waals surface area contributed by atoms with Crippen molar-refractivity contribution in [3.05, 3.63) is 12.4 Å². The fourth-order valence-corrected chi connectivity index (χ4v) is 2.32. The van der Waals surface area contributed by atoms with Crippen molar-refractivity contribution in [1.82, 2.24) is 9.97 Å². The van der Waals surface area contributed by atoms with Crippen LogP contribution in [0.5, 0.6) is 0 Å². The number of ketones is 1. The fraction of sp³-hybridized carbons (Fsp3) is 0.615. The molecule has 0 aliphatic heterocycles. The highest BCUT2D eigenvalue weighted by molar-refractivity contribution is 5.79. The van der Waals surface area contributed by atoms with E-state index < -0.39 is 0 Å². The van der Waals surface area contributed by atoms with E-state index in [0.29, 0.717) is 24.7 Å². The highest BCUT2D eigenvalue weighted by Crippen LogP contribution is 2.24. The molecule has 0 atom stereocenters. The molecule has 98 valence electrons. The fourth-order valence-electron chi connectivity index (χ4n) is 2.32. The lowest BCUT2D eigenvalue weighted by molar-refractivity contribution is -0.120. The lowest BCUT2D eigenvalue weighted by Crippen LogP contribution is -2.35. The molecule has 5 heteroatoms. The maximum Gasteiger partial charge on any atom is 0.134 e. The quantitative estimate of drug-likeness (QED) is 0.881. The Morgan fingerprint density at radius 3 is 2.78 bits per heavy atom. The van der Waals surface area contributed by atoms with Crippen LogP contribution in [0.2, 0.25) is 0 Å². The van der Waals surface area contributed by atoms with Crippen molar-refractivity contribution in [2.24, 2.45) is 0 Å². The van der Waals surface area contributed by atoms with E-state index >= 15 is 0 Å². The molecule has 0 bridgehead atoms. The van der Waals surface area contributed by atoms with Gasteiger partial charge in [0.1, 0.15) is 23.7 Å². The number of carbonyl (C=O) groups is 1. The van der Waals surface area contributed by atoms with Crippen LogP contribution in [-0.4, -0.2) is 35.4 Å². The minimum absolute atomic E-state index is 0.385. The molecule has 1 fully saturated rings. The summed E-state index contributed by atoms with van der Waals surface area (Å²) in [4.78, 5) is 21.9. The molecule has 1 aromatic heterocycles. The molecular weight excluding hydrogens is 228 g/mol. The monoisotopic (exact) mass is 248 g/mol. The summed E-state index contributed by atoms with van der Waals surface area (Å²) in [5.74, 6) is 2.15. The Labute approximate surface area is 108 Å². The molecular formula is C13H20N4O. The number of aromatic nitrogens is 2. The van der Waals surface area contributed by atoms with E-state index in [0.717, 1.165) is 31.0 Å². The molecule has 0 radical (unpaired) electrons. The van der Waals surface area contributed by atoms with E-state index in [-0.39, 0.29) is 0 Å². The van der Waals surface area contributed by atoms with Crippen LogP contribution in [-0.2, 0) is 4.79 Å². The lowest BCUT2D eigenvalue weighted by Gasteiger charge is -2.31. The van der Waals surface area contributed by atoms with Gasteiger partial charge in [0.05, 0.1) is 0 Å². The van der Waals surface area contributed by atoms with Crippen LogP contribution in [0, 0.1) is 0 Å². The molecule has 0 saturated heterocycles. The van der Waals surface area contributed by atoms with E-state index in [9.17, 15) is 4.79 Å². The van der Waals surface area contributed by atoms with Gasteiger partial charge in [0.2, 0.25) is 0 Å². The van der Waals surface area contributed by atoms with Crippen molar-refractivity contribution >= 4 is 17.4 Å². The van der Waals surface area contributed by atoms with Crippen LogP contribution in [0.3, 0.4) is 0 Å². The van der Waals surface area contributed by atoms with Crippen LogP contribution >= 0.6 is 0 Å². The number of anilines is 2. The van der Waals surface area contributed by atoms with Crippen molar-refractivity contribution in [3.63, 3.8) is 0 Å². The number of carbonyl (C=O) groups excluding carboxylic acids is 1. The van der Waals surface area contributed by atoms with E-state index in [2.05, 4.69) is 20.2 Å². The second-order valence-electron chi connectivity index (χ2n) is 4.67. The van der Waals surface area contributed by atoms with Gasteiger partial charge in [-0.15, -0.1) is 0 Å². The molecule has 1 aromatic rings. The Balaban J connectivity index is 2.05. The van der Waals surface area contributed by atoms with E-state index in [1.54, 1.807) is 6.33 Å². The van der Waals surface area contributed by atoms with Crippen molar-refractivity contribution in [1.29, 1.82) is 0 Å². The third-order valence-electron chi connectivity index (χ3n) is 3.43. The standard InChI is InChI=1S/C13H20N4O/c1-3-14-12-8-13(16-9-15-12)17(2)10-4-6-11(18)7-5-10/h8-10H,3-7H2,1-2H3,(H,14,15,16). The van der Waals surface area contributed by atoms with E-state index in [1.807, 2.05) is 20.0 Å². The number of hydrogen-bond acceptors (Lipinski definition) is 5. The first-order valence-electron chi connectivity index (χ1n) is 6.51. The van der Waals surface area contributed by atoms with Gasteiger partial charge in [0.25, 0.3) is 0 Å². The molecule has 0 unspecified atom stereocenters. The lowest BCUT2D eigenvalue weighted by atomic mass is 9.93. The molecule has 1 saturated carbocycles. The maximum absolute atomic E-state index is 11.3. The zero-order chi connectivity index (χ0) is 13.0. The minimum atomic E-state index is 0.385. The third kappa shape index (κ3) is 2.97. The Morgan fingerprint density at radius 1 is 1.39 bits per heavy atom. The SMILES string of the molecule is CCNc1cc(N(C)C2CCC(=O)CC2)ncn1. The third-order valence-corrected chi connectivity index (χ3v) is 3.43. The number of hydrogen-bond donors (Lipinski definition) is 1. The van der Waals surface area contributed by atoms with E-state index in [4.69, 9.17) is 0 Å². The van der Waals surface area contributed by atoms with Crippen LogP contribution in [0.25, 0.3) is 0 Å². The maximum atomic E-state index is 11.3. The summed E-state index contributed by atoms with van der Waals surface area (Å²) in [6.07, 6.45) is 4.82. The van der Waals surface area contributed by atoms with Gasteiger partial charge < -0.3 is 10.2 Å². The molecule has 2 rings (SSSR count). The molecule has 1 aliphatic rings. The largest absolute Gasteiger partial charge is 0.370 e. The van der Waals surface area contributed by atoms with Crippen molar-refractivity contribution in [2.75, 3.05) is 23.8 Å². The minimum Gasteiger partial charge on any atom is -0.370 e. The first-order chi connectivity index (χ1) is 8.70. The molecule has 0 aromatic carbocycles. The summed E-state index contributed by atoms with van der Waals surface area (Å²) in [5, 5.41) is 3.18. The average molecular weight is 248 g/mol. The van der Waals surface area contributed by atoms with Crippen molar-refractivity contribution in [2.45, 2.75) is 38.6 Å². The first-order valence-corrected chi connectivity index (χ1v) is 6.51. The summed E-state index contributed by atoms with van der Waals surface area (Å²) in [6.45, 7) is 2.89. The van der Waals surface area contributed by atoms with Crippen LogP contribution < -0.4 is 10.2 Å². The van der Waals surface area contributed by atoms with Gasteiger partial charge in [-0.3, -0.25) is 4.79 Å². The first kappa shape index (κ1) is 12.8. The molecule has 1 heterocycles. The number of nitrogens with zero attached hydrogens (tertiary/aromatic N) is 3. The number of Topliss-reactive ketones (excluding diaryl/α,β-unsaturated/α-hetero) is 1. The van der Waals surface area contributed by atoms with Gasteiger partial charge in [-0.05, 0) is 19.8 Å². The molecule has 18 heavy (non-hydrogen) atoms. The second kappa shape index (κ2) is 5.80. The summed E-state index contributed by atoms with van der Waals surface area (Å²) in [6, 6.07) is 2.37. The molecule has 1 aliphatic carbocycles. The molecule has 0 spiro atoms. The van der Waals surface area contributed by atoms with Crippen LogP contribution in [0.15, 0.2) is 12.4 Å². The zero-order valence-electron chi connectivity index (χ0n) is 11.0. The normalized spacial score (nSPS) is 16.7. The van der Waals surface area contributed by atoms with Crippen LogP contribution in [0.1, 0.15) is 32.6 Å².